The third kappa shape index (κ3) is 3.80. The molecule has 0 saturated carbocycles. The zero-order chi connectivity index (χ0) is 21.3. The van der Waals surface area contributed by atoms with Gasteiger partial charge >= 0.3 is 0 Å². The first-order chi connectivity index (χ1) is 14.4. The number of fused-ring (bicyclic) bond motifs is 1. The second-order valence-electron chi connectivity index (χ2n) is 6.30. The van der Waals surface area contributed by atoms with E-state index < -0.39 is 17.4 Å². The van der Waals surface area contributed by atoms with Crippen LogP contribution in [-0.2, 0) is 0 Å². The maximum absolute atomic E-state index is 12.6. The number of thiazole rings is 1. The molecule has 4 rings (SSSR count). The van der Waals surface area contributed by atoms with Gasteiger partial charge in [0.25, 0.3) is 17.4 Å². The van der Waals surface area contributed by atoms with Crippen molar-refractivity contribution in [3.8, 4) is 10.6 Å². The number of carbonyl (C=O) groups is 2. The van der Waals surface area contributed by atoms with Gasteiger partial charge in [-0.25, -0.2) is 10.1 Å². The first kappa shape index (κ1) is 19.7. The minimum absolute atomic E-state index is 0.00613. The largest absolute Gasteiger partial charge is 0.290 e. The SMILES string of the molecule is Cc1nc(-c2ccc(Cl)cc2)sc1C(=O)NNC(=O)c1n[nH]c(=O)c2ccccc12. The lowest BCUT2D eigenvalue weighted by Gasteiger charge is -2.07. The number of benzene rings is 2. The van der Waals surface area contributed by atoms with Crippen LogP contribution in [0.2, 0.25) is 5.02 Å². The second-order valence-corrected chi connectivity index (χ2v) is 7.73. The molecule has 150 valence electrons. The number of hydrazine groups is 1. The number of amides is 2. The van der Waals surface area contributed by atoms with Crippen molar-refractivity contribution in [3.05, 3.63) is 80.2 Å². The van der Waals surface area contributed by atoms with Crippen molar-refractivity contribution in [2.45, 2.75) is 6.92 Å². The molecule has 0 unspecified atom stereocenters. The van der Waals surface area contributed by atoms with Crippen LogP contribution in [0.25, 0.3) is 21.3 Å². The molecular weight excluding hydrogens is 426 g/mol. The molecule has 2 heterocycles. The van der Waals surface area contributed by atoms with E-state index in [1.807, 2.05) is 12.1 Å². The number of nitrogens with zero attached hydrogens (tertiary/aromatic N) is 2. The molecule has 30 heavy (non-hydrogen) atoms. The summed E-state index contributed by atoms with van der Waals surface area (Å²) >= 11 is 7.10. The van der Waals surface area contributed by atoms with E-state index in [1.165, 1.54) is 11.3 Å². The number of H-pyrrole nitrogens is 1. The molecule has 0 saturated heterocycles. The van der Waals surface area contributed by atoms with Gasteiger partial charge < -0.3 is 0 Å². The Hall–Kier alpha value is -3.56. The zero-order valence-electron chi connectivity index (χ0n) is 15.5. The lowest BCUT2D eigenvalue weighted by molar-refractivity contribution is 0.0846. The van der Waals surface area contributed by atoms with Crippen LogP contribution in [0.1, 0.15) is 25.9 Å². The Kier molecular flexibility index (Phi) is 5.30. The molecule has 0 aliphatic rings. The Morgan fingerprint density at radius 1 is 1.00 bits per heavy atom. The van der Waals surface area contributed by atoms with E-state index >= 15 is 0 Å². The van der Waals surface area contributed by atoms with E-state index in [9.17, 15) is 14.4 Å². The molecule has 0 aliphatic carbocycles. The molecule has 0 spiro atoms. The topological polar surface area (TPSA) is 117 Å². The van der Waals surface area contributed by atoms with Gasteiger partial charge in [0.15, 0.2) is 5.69 Å². The monoisotopic (exact) mass is 439 g/mol. The number of hydrogen-bond donors (Lipinski definition) is 3. The van der Waals surface area contributed by atoms with Gasteiger partial charge in [0.1, 0.15) is 9.88 Å². The van der Waals surface area contributed by atoms with Crippen molar-refractivity contribution in [3.63, 3.8) is 0 Å². The smallest absolute Gasteiger partial charge is 0.267 e. The van der Waals surface area contributed by atoms with Gasteiger partial charge in [-0.15, -0.1) is 11.3 Å². The number of aryl methyl sites for hydroxylation is 1. The third-order valence-corrected chi connectivity index (χ3v) is 5.75. The summed E-state index contributed by atoms with van der Waals surface area (Å²) in [6.07, 6.45) is 0. The summed E-state index contributed by atoms with van der Waals surface area (Å²) in [5.74, 6) is -1.16. The molecule has 8 nitrogen and oxygen atoms in total. The number of carbonyl (C=O) groups excluding carboxylic acids is 2. The normalized spacial score (nSPS) is 10.7. The van der Waals surface area contributed by atoms with Crippen LogP contribution < -0.4 is 16.4 Å². The molecule has 2 aromatic carbocycles. The Bertz CT molecular complexity index is 1330. The van der Waals surface area contributed by atoms with Crippen molar-refractivity contribution in [2.75, 3.05) is 0 Å². The highest BCUT2D eigenvalue weighted by Crippen LogP contribution is 2.28. The van der Waals surface area contributed by atoms with Crippen LogP contribution in [0.5, 0.6) is 0 Å². The maximum Gasteiger partial charge on any atom is 0.290 e. The zero-order valence-corrected chi connectivity index (χ0v) is 17.1. The molecule has 2 amide bonds. The van der Waals surface area contributed by atoms with Crippen molar-refractivity contribution in [2.24, 2.45) is 0 Å². The molecule has 10 heteroatoms. The van der Waals surface area contributed by atoms with Gasteiger partial charge in [0.2, 0.25) is 0 Å². The molecule has 3 N–H and O–H groups in total. The number of halogens is 1. The molecule has 0 aliphatic heterocycles. The molecule has 0 fully saturated rings. The van der Waals surface area contributed by atoms with Crippen LogP contribution in [0.3, 0.4) is 0 Å². The highest BCUT2D eigenvalue weighted by Gasteiger charge is 2.19. The highest BCUT2D eigenvalue weighted by atomic mass is 35.5. The molecule has 4 aromatic rings. The summed E-state index contributed by atoms with van der Waals surface area (Å²) in [7, 11) is 0. The Morgan fingerprint density at radius 2 is 1.67 bits per heavy atom. The Morgan fingerprint density at radius 3 is 2.40 bits per heavy atom. The predicted octanol–water partition coefficient (Wildman–Crippen LogP) is 3.08. The summed E-state index contributed by atoms with van der Waals surface area (Å²) < 4.78 is 0. The highest BCUT2D eigenvalue weighted by molar-refractivity contribution is 7.17. The summed E-state index contributed by atoms with van der Waals surface area (Å²) in [5.41, 5.74) is 5.66. The number of aromatic amines is 1. The van der Waals surface area contributed by atoms with E-state index in [4.69, 9.17) is 11.6 Å². The molecule has 0 radical (unpaired) electrons. The van der Waals surface area contributed by atoms with E-state index in [2.05, 4.69) is 26.0 Å². The summed E-state index contributed by atoms with van der Waals surface area (Å²) in [4.78, 5) is 41.7. The number of rotatable bonds is 3. The first-order valence-electron chi connectivity index (χ1n) is 8.75. The van der Waals surface area contributed by atoms with E-state index in [0.717, 1.165) is 5.56 Å². The molecular formula is C20H14ClN5O3S. The van der Waals surface area contributed by atoms with Gasteiger partial charge in [-0.3, -0.25) is 25.2 Å². The Balaban J connectivity index is 1.52. The number of hydrogen-bond acceptors (Lipinski definition) is 6. The number of aromatic nitrogens is 3. The number of nitrogens with one attached hydrogen (secondary N) is 3. The lowest BCUT2D eigenvalue weighted by Crippen LogP contribution is -2.42. The van der Waals surface area contributed by atoms with Crippen LogP contribution >= 0.6 is 22.9 Å². The van der Waals surface area contributed by atoms with Crippen molar-refractivity contribution in [1.29, 1.82) is 0 Å². The van der Waals surface area contributed by atoms with Gasteiger partial charge in [-0.2, -0.15) is 5.10 Å². The van der Waals surface area contributed by atoms with Crippen molar-refractivity contribution >= 4 is 45.5 Å². The first-order valence-corrected chi connectivity index (χ1v) is 9.95. The summed E-state index contributed by atoms with van der Waals surface area (Å²) in [6, 6.07) is 13.7. The van der Waals surface area contributed by atoms with Crippen LogP contribution in [0.15, 0.2) is 53.3 Å². The fourth-order valence-corrected chi connectivity index (χ4v) is 3.93. The third-order valence-electron chi connectivity index (χ3n) is 4.29. The average molecular weight is 440 g/mol. The standard InChI is InChI=1S/C20H14ClN5O3S/c1-10-16(30-20(22-10)11-6-8-12(21)9-7-11)19(29)26-25-18(28)15-13-4-2-3-5-14(13)17(27)24-23-15/h2-9H,1H3,(H,24,27)(H,25,28)(H,26,29). The van der Waals surface area contributed by atoms with Gasteiger partial charge in [0, 0.05) is 16.0 Å². The van der Waals surface area contributed by atoms with Crippen LogP contribution in [-0.4, -0.2) is 27.0 Å². The maximum atomic E-state index is 12.6. The minimum Gasteiger partial charge on any atom is -0.267 e. The summed E-state index contributed by atoms with van der Waals surface area (Å²) in [5, 5.41) is 8.06. The summed E-state index contributed by atoms with van der Waals surface area (Å²) in [6.45, 7) is 1.71. The fourth-order valence-electron chi connectivity index (χ4n) is 2.84. The van der Waals surface area contributed by atoms with E-state index in [0.29, 0.717) is 31.4 Å². The second kappa shape index (κ2) is 8.05. The van der Waals surface area contributed by atoms with Crippen molar-refractivity contribution < 1.29 is 9.59 Å². The van der Waals surface area contributed by atoms with Crippen molar-refractivity contribution in [1.82, 2.24) is 26.0 Å². The predicted molar refractivity (Wildman–Crippen MR) is 115 cm³/mol. The van der Waals surface area contributed by atoms with Gasteiger partial charge in [-0.1, -0.05) is 41.9 Å². The van der Waals surface area contributed by atoms with Crippen LogP contribution in [0, 0.1) is 6.92 Å². The molecule has 0 atom stereocenters. The lowest BCUT2D eigenvalue weighted by atomic mass is 10.1. The van der Waals surface area contributed by atoms with Crippen LogP contribution in [0.4, 0.5) is 0 Å². The fraction of sp³-hybridized carbons (Fsp3) is 0.0500. The minimum atomic E-state index is -0.657. The molecule has 2 aromatic heterocycles. The quantitative estimate of drug-likeness (QED) is 0.424. The molecule has 0 bridgehead atoms. The van der Waals surface area contributed by atoms with E-state index in [1.54, 1.807) is 43.3 Å². The Labute approximate surface area is 178 Å². The van der Waals surface area contributed by atoms with Gasteiger partial charge in [0.05, 0.1) is 11.1 Å². The van der Waals surface area contributed by atoms with E-state index in [-0.39, 0.29) is 5.69 Å². The average Bonchev–Trinajstić information content (AvgIpc) is 3.14. The van der Waals surface area contributed by atoms with Gasteiger partial charge in [-0.05, 0) is 25.1 Å².